The Bertz CT molecular complexity index is 889. The highest BCUT2D eigenvalue weighted by molar-refractivity contribution is 9.10. The van der Waals surface area contributed by atoms with E-state index in [1.54, 1.807) is 24.3 Å². The number of aromatic nitrogens is 2. The average molecular weight is 408 g/mol. The van der Waals surface area contributed by atoms with Crippen molar-refractivity contribution in [3.8, 4) is 6.07 Å². The minimum absolute atomic E-state index is 0.228. The second kappa shape index (κ2) is 6.78. The Hall–Kier alpha value is -1.76. The number of hydrazone groups is 1. The van der Waals surface area contributed by atoms with Crippen molar-refractivity contribution < 1.29 is 0 Å². The molecule has 116 valence electrons. The average Bonchev–Trinajstić information content (AvgIpc) is 2.54. The van der Waals surface area contributed by atoms with Crippen molar-refractivity contribution in [2.24, 2.45) is 5.10 Å². The van der Waals surface area contributed by atoms with Crippen LogP contribution in [-0.2, 0) is 5.75 Å². The highest BCUT2D eigenvalue weighted by Gasteiger charge is 2.21. The molecule has 1 N–H and O–H groups in total. The van der Waals surface area contributed by atoms with Crippen LogP contribution in [0.15, 0.2) is 43.7 Å². The molecule has 0 aliphatic carbocycles. The van der Waals surface area contributed by atoms with E-state index < -0.39 is 0 Å². The van der Waals surface area contributed by atoms with Gasteiger partial charge in [0.05, 0.1) is 23.5 Å². The van der Waals surface area contributed by atoms with Gasteiger partial charge in [0.15, 0.2) is 4.38 Å². The number of thioether (sulfide) groups is 2. The summed E-state index contributed by atoms with van der Waals surface area (Å²) in [5, 5.41) is 21.5. The van der Waals surface area contributed by atoms with Crippen molar-refractivity contribution >= 4 is 49.5 Å². The SMILES string of the molecule is CN1N=C(SCc2ccc(Br)cc2C#N)Sc2c1cn[nH]c2=O. The summed E-state index contributed by atoms with van der Waals surface area (Å²) in [6.07, 6.45) is 1.58. The lowest BCUT2D eigenvalue weighted by Crippen LogP contribution is -2.22. The number of nitrogens with zero attached hydrogens (tertiary/aromatic N) is 4. The Labute approximate surface area is 149 Å². The standard InChI is InChI=1S/C14H10BrN5OS2/c1-20-11-6-17-18-13(21)12(11)23-14(19-20)22-7-8-2-3-10(15)4-9(8)5-16/h2-4,6H,7H2,1H3,(H,18,21). The summed E-state index contributed by atoms with van der Waals surface area (Å²) in [5.74, 6) is 0.605. The van der Waals surface area contributed by atoms with E-state index in [1.807, 2.05) is 12.1 Å². The van der Waals surface area contributed by atoms with Crippen LogP contribution in [0.2, 0.25) is 0 Å². The smallest absolute Gasteiger partial charge is 0.267 e. The Morgan fingerprint density at radius 3 is 3.13 bits per heavy atom. The summed E-state index contributed by atoms with van der Waals surface area (Å²) in [4.78, 5) is 12.5. The molecule has 1 aromatic carbocycles. The number of hydrogen-bond acceptors (Lipinski definition) is 7. The number of hydrogen-bond donors (Lipinski definition) is 1. The van der Waals surface area contributed by atoms with Crippen LogP contribution in [0.25, 0.3) is 0 Å². The number of halogens is 1. The third kappa shape index (κ3) is 3.44. The number of nitriles is 1. The fourth-order valence-electron chi connectivity index (χ4n) is 1.97. The van der Waals surface area contributed by atoms with Crippen LogP contribution in [0.5, 0.6) is 0 Å². The van der Waals surface area contributed by atoms with E-state index in [1.165, 1.54) is 23.5 Å². The molecule has 0 atom stereocenters. The monoisotopic (exact) mass is 407 g/mol. The zero-order valence-corrected chi connectivity index (χ0v) is 15.1. The molecule has 0 unspecified atom stereocenters. The predicted octanol–water partition coefficient (Wildman–Crippen LogP) is 3.15. The van der Waals surface area contributed by atoms with E-state index in [9.17, 15) is 10.1 Å². The lowest BCUT2D eigenvalue weighted by molar-refractivity contribution is 0.899. The summed E-state index contributed by atoms with van der Waals surface area (Å²) in [5.41, 5.74) is 2.02. The first-order valence-electron chi connectivity index (χ1n) is 6.47. The summed E-state index contributed by atoms with van der Waals surface area (Å²) in [7, 11) is 1.78. The van der Waals surface area contributed by atoms with E-state index in [0.717, 1.165) is 14.4 Å². The molecule has 3 rings (SSSR count). The molecule has 0 saturated carbocycles. The molecule has 2 heterocycles. The van der Waals surface area contributed by atoms with Crippen LogP contribution >= 0.6 is 39.5 Å². The fraction of sp³-hybridized carbons (Fsp3) is 0.143. The molecule has 2 aromatic rings. The molecule has 0 fully saturated rings. The summed E-state index contributed by atoms with van der Waals surface area (Å²) in [6, 6.07) is 7.81. The first-order chi connectivity index (χ1) is 11.1. The highest BCUT2D eigenvalue weighted by Crippen LogP contribution is 2.36. The van der Waals surface area contributed by atoms with Gasteiger partial charge in [0.25, 0.3) is 5.56 Å². The summed E-state index contributed by atoms with van der Waals surface area (Å²) >= 11 is 6.17. The normalized spacial score (nSPS) is 13.3. The molecule has 6 nitrogen and oxygen atoms in total. The van der Waals surface area contributed by atoms with Gasteiger partial charge < -0.3 is 0 Å². The molecule has 1 aliphatic rings. The van der Waals surface area contributed by atoms with Crippen LogP contribution in [0.3, 0.4) is 0 Å². The van der Waals surface area contributed by atoms with E-state index in [0.29, 0.717) is 21.9 Å². The second-order valence-electron chi connectivity index (χ2n) is 4.61. The van der Waals surface area contributed by atoms with Crippen molar-refractivity contribution in [1.29, 1.82) is 5.26 Å². The van der Waals surface area contributed by atoms with Gasteiger partial charge in [-0.1, -0.05) is 45.5 Å². The van der Waals surface area contributed by atoms with Gasteiger partial charge in [-0.2, -0.15) is 15.5 Å². The lowest BCUT2D eigenvalue weighted by Gasteiger charge is -2.21. The summed E-state index contributed by atoms with van der Waals surface area (Å²) < 4.78 is 1.63. The number of rotatable bonds is 2. The molecule has 0 saturated heterocycles. The first-order valence-corrected chi connectivity index (χ1v) is 9.07. The molecule has 0 bridgehead atoms. The third-order valence-corrected chi connectivity index (χ3v) is 5.84. The molecule has 9 heteroatoms. The quantitative estimate of drug-likeness (QED) is 0.822. The van der Waals surface area contributed by atoms with Crippen molar-refractivity contribution in [1.82, 2.24) is 10.2 Å². The Morgan fingerprint density at radius 2 is 2.35 bits per heavy atom. The molecule has 1 aliphatic heterocycles. The second-order valence-corrected chi connectivity index (χ2v) is 7.74. The number of H-pyrrole nitrogens is 1. The number of aromatic amines is 1. The van der Waals surface area contributed by atoms with Crippen molar-refractivity contribution in [3.05, 3.63) is 50.3 Å². The summed E-state index contributed by atoms with van der Waals surface area (Å²) in [6.45, 7) is 0. The van der Waals surface area contributed by atoms with Crippen molar-refractivity contribution in [2.75, 3.05) is 12.1 Å². The largest absolute Gasteiger partial charge is 0.280 e. The van der Waals surface area contributed by atoms with Crippen LogP contribution < -0.4 is 10.6 Å². The number of benzene rings is 1. The minimum atomic E-state index is -0.228. The molecule has 23 heavy (non-hydrogen) atoms. The zero-order chi connectivity index (χ0) is 16.4. The maximum absolute atomic E-state index is 11.9. The molecule has 0 spiro atoms. The van der Waals surface area contributed by atoms with Gasteiger partial charge in [-0.15, -0.1) is 0 Å². The van der Waals surface area contributed by atoms with Gasteiger partial charge in [-0.05, 0) is 17.7 Å². The van der Waals surface area contributed by atoms with E-state index in [4.69, 9.17) is 0 Å². The van der Waals surface area contributed by atoms with Crippen LogP contribution in [-0.4, -0.2) is 21.6 Å². The van der Waals surface area contributed by atoms with Gasteiger partial charge in [0.2, 0.25) is 0 Å². The van der Waals surface area contributed by atoms with Crippen LogP contribution in [0.1, 0.15) is 11.1 Å². The lowest BCUT2D eigenvalue weighted by atomic mass is 10.1. The maximum Gasteiger partial charge on any atom is 0.280 e. The maximum atomic E-state index is 11.9. The minimum Gasteiger partial charge on any atom is -0.267 e. The van der Waals surface area contributed by atoms with Gasteiger partial charge in [-0.25, -0.2) is 5.10 Å². The van der Waals surface area contributed by atoms with Crippen LogP contribution in [0.4, 0.5) is 5.69 Å². The topological polar surface area (TPSA) is 85.1 Å². The van der Waals surface area contributed by atoms with Gasteiger partial charge in [0, 0.05) is 17.3 Å². The van der Waals surface area contributed by atoms with Gasteiger partial charge >= 0.3 is 0 Å². The van der Waals surface area contributed by atoms with Crippen LogP contribution in [0, 0.1) is 11.3 Å². The number of nitrogens with one attached hydrogen (secondary N) is 1. The first kappa shape index (κ1) is 16.1. The van der Waals surface area contributed by atoms with E-state index in [2.05, 4.69) is 37.3 Å². The molecular formula is C14H10BrN5OS2. The van der Waals surface area contributed by atoms with Crippen molar-refractivity contribution in [2.45, 2.75) is 10.6 Å². The van der Waals surface area contributed by atoms with E-state index >= 15 is 0 Å². The predicted molar refractivity (Wildman–Crippen MR) is 96.7 cm³/mol. The van der Waals surface area contributed by atoms with E-state index in [-0.39, 0.29) is 5.56 Å². The third-order valence-electron chi connectivity index (χ3n) is 3.10. The molecule has 0 radical (unpaired) electrons. The Kier molecular flexibility index (Phi) is 4.75. The van der Waals surface area contributed by atoms with Crippen molar-refractivity contribution in [3.63, 3.8) is 0 Å². The van der Waals surface area contributed by atoms with Gasteiger partial charge in [-0.3, -0.25) is 9.80 Å². The fourth-order valence-corrected chi connectivity index (χ4v) is 4.47. The number of fused-ring (bicyclic) bond motifs is 1. The molecule has 1 aromatic heterocycles. The van der Waals surface area contributed by atoms with Gasteiger partial charge in [0.1, 0.15) is 4.90 Å². The molecule has 0 amide bonds. The zero-order valence-electron chi connectivity index (χ0n) is 11.9. The number of anilines is 1. The highest BCUT2D eigenvalue weighted by atomic mass is 79.9. The Balaban J connectivity index is 1.79. The molecular weight excluding hydrogens is 398 g/mol. The Morgan fingerprint density at radius 1 is 1.52 bits per heavy atom.